The van der Waals surface area contributed by atoms with Crippen molar-refractivity contribution in [2.45, 2.75) is 52.1 Å². The number of hydrogen-bond acceptors (Lipinski definition) is 2. The molecule has 0 N–H and O–H groups in total. The zero-order valence-electron chi connectivity index (χ0n) is 9.68. The number of carbonyl (C=O) groups is 1. The molecule has 1 unspecified atom stereocenters. The number of hydrogen-bond donors (Lipinski definition) is 0. The van der Waals surface area contributed by atoms with Crippen LogP contribution in [0.4, 0.5) is 0 Å². The second-order valence-electron chi connectivity index (χ2n) is 5.01. The number of halogens is 1. The lowest BCUT2D eigenvalue weighted by Gasteiger charge is -2.23. The summed E-state index contributed by atoms with van der Waals surface area (Å²) in [5.41, 5.74) is -0.373. The first-order valence-corrected chi connectivity index (χ1v) is 6.25. The molecule has 2 nitrogen and oxygen atoms in total. The first kappa shape index (κ1) is 12.8. The first-order chi connectivity index (χ1) is 6.88. The van der Waals surface area contributed by atoms with Gasteiger partial charge in [-0.1, -0.05) is 22.0 Å². The Morgan fingerprint density at radius 2 is 2.27 bits per heavy atom. The van der Waals surface area contributed by atoms with E-state index in [9.17, 15) is 4.79 Å². The highest BCUT2D eigenvalue weighted by molar-refractivity contribution is 9.11. The molecule has 86 valence electrons. The van der Waals surface area contributed by atoms with Gasteiger partial charge in [0.25, 0.3) is 0 Å². The van der Waals surface area contributed by atoms with E-state index in [1.54, 1.807) is 0 Å². The number of rotatable bonds is 2. The number of allylic oxidation sites excluding steroid dienone is 2. The SMILES string of the molecule is CC(C)(C)OC(=O)CC1CCCC=C1Br. The van der Waals surface area contributed by atoms with Crippen LogP contribution in [0.5, 0.6) is 0 Å². The molecular weight excluding hydrogens is 256 g/mol. The number of carbonyl (C=O) groups excluding carboxylic acids is 1. The molecule has 0 aromatic rings. The summed E-state index contributed by atoms with van der Waals surface area (Å²) in [7, 11) is 0. The smallest absolute Gasteiger partial charge is 0.306 e. The molecule has 1 rings (SSSR count). The monoisotopic (exact) mass is 274 g/mol. The van der Waals surface area contributed by atoms with Crippen molar-refractivity contribution in [2.75, 3.05) is 0 Å². The van der Waals surface area contributed by atoms with Gasteiger partial charge in [-0.15, -0.1) is 0 Å². The minimum atomic E-state index is -0.373. The van der Waals surface area contributed by atoms with Crippen LogP contribution in [-0.2, 0) is 9.53 Å². The average molecular weight is 275 g/mol. The zero-order valence-corrected chi connectivity index (χ0v) is 11.3. The summed E-state index contributed by atoms with van der Waals surface area (Å²) in [6, 6.07) is 0. The Balaban J connectivity index is 2.44. The van der Waals surface area contributed by atoms with Gasteiger partial charge in [-0.05, 0) is 44.5 Å². The second-order valence-corrected chi connectivity index (χ2v) is 5.92. The molecular formula is C12H19BrO2. The van der Waals surface area contributed by atoms with E-state index in [1.807, 2.05) is 20.8 Å². The summed E-state index contributed by atoms with van der Waals surface area (Å²) in [5, 5.41) is 0. The maximum atomic E-state index is 11.6. The van der Waals surface area contributed by atoms with Gasteiger partial charge < -0.3 is 4.74 Å². The van der Waals surface area contributed by atoms with Crippen molar-refractivity contribution in [1.29, 1.82) is 0 Å². The Morgan fingerprint density at radius 3 is 2.80 bits per heavy atom. The van der Waals surface area contributed by atoms with Crippen LogP contribution in [0.15, 0.2) is 10.6 Å². The van der Waals surface area contributed by atoms with E-state index in [2.05, 4.69) is 22.0 Å². The van der Waals surface area contributed by atoms with Crippen LogP contribution in [0.1, 0.15) is 46.5 Å². The molecule has 0 radical (unpaired) electrons. The third-order valence-corrected chi connectivity index (χ3v) is 3.29. The van der Waals surface area contributed by atoms with Gasteiger partial charge in [0.2, 0.25) is 0 Å². The molecule has 15 heavy (non-hydrogen) atoms. The fourth-order valence-electron chi connectivity index (χ4n) is 1.69. The molecule has 0 bridgehead atoms. The molecule has 0 amide bonds. The molecule has 1 aliphatic carbocycles. The molecule has 0 aliphatic heterocycles. The minimum absolute atomic E-state index is 0.0975. The van der Waals surface area contributed by atoms with Crippen LogP contribution >= 0.6 is 15.9 Å². The Morgan fingerprint density at radius 1 is 1.60 bits per heavy atom. The van der Waals surface area contributed by atoms with E-state index in [-0.39, 0.29) is 11.6 Å². The van der Waals surface area contributed by atoms with E-state index in [0.717, 1.165) is 12.8 Å². The van der Waals surface area contributed by atoms with E-state index < -0.39 is 0 Å². The maximum Gasteiger partial charge on any atom is 0.306 e. The molecule has 0 aromatic heterocycles. The molecule has 0 heterocycles. The maximum absolute atomic E-state index is 11.6. The second kappa shape index (κ2) is 5.15. The molecule has 1 aliphatic rings. The van der Waals surface area contributed by atoms with Gasteiger partial charge >= 0.3 is 5.97 Å². The van der Waals surface area contributed by atoms with Gasteiger partial charge in [0, 0.05) is 5.92 Å². The van der Waals surface area contributed by atoms with E-state index in [1.165, 1.54) is 10.9 Å². The van der Waals surface area contributed by atoms with Crippen molar-refractivity contribution in [3.63, 3.8) is 0 Å². The van der Waals surface area contributed by atoms with Crippen molar-refractivity contribution >= 4 is 21.9 Å². The van der Waals surface area contributed by atoms with Crippen LogP contribution in [0.2, 0.25) is 0 Å². The average Bonchev–Trinajstić information content (AvgIpc) is 2.05. The lowest BCUT2D eigenvalue weighted by molar-refractivity contribution is -0.155. The van der Waals surface area contributed by atoms with Crippen molar-refractivity contribution in [1.82, 2.24) is 0 Å². The summed E-state index contributed by atoms with van der Waals surface area (Å²) in [5.74, 6) is 0.230. The van der Waals surface area contributed by atoms with Crippen molar-refractivity contribution in [3.8, 4) is 0 Å². The summed E-state index contributed by atoms with van der Waals surface area (Å²) in [4.78, 5) is 11.6. The lowest BCUT2D eigenvalue weighted by Crippen LogP contribution is -2.25. The highest BCUT2D eigenvalue weighted by Gasteiger charge is 2.23. The fraction of sp³-hybridized carbons (Fsp3) is 0.750. The van der Waals surface area contributed by atoms with E-state index in [0.29, 0.717) is 12.3 Å². The highest BCUT2D eigenvalue weighted by Crippen LogP contribution is 2.32. The fourth-order valence-corrected chi connectivity index (χ4v) is 2.31. The van der Waals surface area contributed by atoms with Crippen LogP contribution in [0.25, 0.3) is 0 Å². The van der Waals surface area contributed by atoms with Gasteiger partial charge in [0.05, 0.1) is 6.42 Å². The molecule has 0 spiro atoms. The molecule has 3 heteroatoms. The number of ether oxygens (including phenoxy) is 1. The van der Waals surface area contributed by atoms with Crippen LogP contribution in [0.3, 0.4) is 0 Å². The summed E-state index contributed by atoms with van der Waals surface area (Å²) < 4.78 is 6.47. The van der Waals surface area contributed by atoms with Gasteiger partial charge in [-0.2, -0.15) is 0 Å². The van der Waals surface area contributed by atoms with Gasteiger partial charge in [0.1, 0.15) is 5.60 Å². The Kier molecular flexibility index (Phi) is 4.38. The normalized spacial score (nSPS) is 22.1. The highest BCUT2D eigenvalue weighted by atomic mass is 79.9. The molecule has 0 saturated carbocycles. The summed E-state index contributed by atoms with van der Waals surface area (Å²) in [6.07, 6.45) is 6.02. The van der Waals surface area contributed by atoms with Gasteiger partial charge in [0.15, 0.2) is 0 Å². The minimum Gasteiger partial charge on any atom is -0.460 e. The van der Waals surface area contributed by atoms with Gasteiger partial charge in [-0.25, -0.2) is 0 Å². The van der Waals surface area contributed by atoms with Crippen LogP contribution in [-0.4, -0.2) is 11.6 Å². The Labute approximate surface area is 100 Å². The standard InChI is InChI=1S/C12H19BrO2/c1-12(2,3)15-11(14)8-9-6-4-5-7-10(9)13/h7,9H,4-6,8H2,1-3H3. The predicted octanol–water partition coefficient (Wildman–Crippen LogP) is 3.80. The third kappa shape index (κ3) is 4.83. The van der Waals surface area contributed by atoms with E-state index in [4.69, 9.17) is 4.74 Å². The predicted molar refractivity (Wildman–Crippen MR) is 64.8 cm³/mol. The molecule has 0 aromatic carbocycles. The Bertz CT molecular complexity index is 263. The van der Waals surface area contributed by atoms with Crippen LogP contribution in [0, 0.1) is 5.92 Å². The molecule has 1 atom stereocenters. The van der Waals surface area contributed by atoms with Crippen molar-refractivity contribution in [2.24, 2.45) is 5.92 Å². The number of esters is 1. The van der Waals surface area contributed by atoms with Crippen LogP contribution < -0.4 is 0 Å². The largest absolute Gasteiger partial charge is 0.460 e. The van der Waals surface area contributed by atoms with Crippen molar-refractivity contribution in [3.05, 3.63) is 10.6 Å². The summed E-state index contributed by atoms with van der Waals surface area (Å²) >= 11 is 3.52. The Hall–Kier alpha value is -0.310. The van der Waals surface area contributed by atoms with Crippen molar-refractivity contribution < 1.29 is 9.53 Å². The zero-order chi connectivity index (χ0) is 11.5. The lowest BCUT2D eigenvalue weighted by atomic mass is 9.93. The topological polar surface area (TPSA) is 26.3 Å². The quantitative estimate of drug-likeness (QED) is 0.716. The van der Waals surface area contributed by atoms with E-state index >= 15 is 0 Å². The molecule has 0 fully saturated rings. The molecule has 0 saturated heterocycles. The summed E-state index contributed by atoms with van der Waals surface area (Å²) in [6.45, 7) is 5.70. The van der Waals surface area contributed by atoms with Gasteiger partial charge in [-0.3, -0.25) is 4.79 Å². The first-order valence-electron chi connectivity index (χ1n) is 5.46. The third-order valence-electron chi connectivity index (χ3n) is 2.32.